The minimum absolute atomic E-state index is 0.128. The molecule has 0 bridgehead atoms. The Labute approximate surface area is 271 Å². The molecule has 4 aromatic rings. The number of carbonyl (C=O) groups excluding carboxylic acids is 3. The third kappa shape index (κ3) is 7.46. The molecule has 0 spiro atoms. The van der Waals surface area contributed by atoms with Crippen LogP contribution >= 0.6 is 11.6 Å². The van der Waals surface area contributed by atoms with E-state index >= 15 is 0 Å². The van der Waals surface area contributed by atoms with E-state index in [1.807, 2.05) is 54.1 Å². The number of ether oxygens (including phenoxy) is 1. The highest BCUT2D eigenvalue weighted by Crippen LogP contribution is 2.39. The van der Waals surface area contributed by atoms with E-state index in [0.717, 1.165) is 33.6 Å². The molecule has 1 aliphatic carbocycles. The van der Waals surface area contributed by atoms with Gasteiger partial charge in [-0.2, -0.15) is 5.10 Å². The maximum Gasteiger partial charge on any atom is 0.328 e. The summed E-state index contributed by atoms with van der Waals surface area (Å²) < 4.78 is 6.71. The number of hydrogen-bond donors (Lipinski definition) is 3. The van der Waals surface area contributed by atoms with E-state index in [9.17, 15) is 24.3 Å². The summed E-state index contributed by atoms with van der Waals surface area (Å²) in [6, 6.07) is 21.8. The molecule has 3 aromatic carbocycles. The Bertz CT molecular complexity index is 1720. The zero-order valence-electron chi connectivity index (χ0n) is 25.5. The SMILES string of the molecule is COC(=O)C(Cc1ccccc1)NC(=O)C(CC(=O)O)NC(=O)C1CCCc2c1nn(-c1ccc(C)cc1)c2-c1ccc(Cl)cc1. The zero-order chi connectivity index (χ0) is 32.8. The minimum Gasteiger partial charge on any atom is -0.481 e. The Balaban J connectivity index is 1.44. The first-order chi connectivity index (χ1) is 22.1. The highest BCUT2D eigenvalue weighted by atomic mass is 35.5. The number of amides is 2. The molecule has 3 unspecified atom stereocenters. The number of nitrogens with zero attached hydrogens (tertiary/aromatic N) is 2. The van der Waals surface area contributed by atoms with Gasteiger partial charge in [0.2, 0.25) is 11.8 Å². The van der Waals surface area contributed by atoms with Gasteiger partial charge in [-0.05, 0) is 56.0 Å². The van der Waals surface area contributed by atoms with Crippen LogP contribution in [0, 0.1) is 6.92 Å². The molecule has 5 rings (SSSR count). The topological polar surface area (TPSA) is 140 Å². The minimum atomic E-state index is -1.44. The predicted octanol–water partition coefficient (Wildman–Crippen LogP) is 4.78. The Kier molecular flexibility index (Phi) is 10.2. The van der Waals surface area contributed by atoms with E-state index in [0.29, 0.717) is 30.0 Å². The quantitative estimate of drug-likeness (QED) is 0.200. The summed E-state index contributed by atoms with van der Waals surface area (Å²) >= 11 is 6.19. The second kappa shape index (κ2) is 14.4. The first kappa shape index (κ1) is 32.4. The summed E-state index contributed by atoms with van der Waals surface area (Å²) in [6.07, 6.45) is 1.28. The highest BCUT2D eigenvalue weighted by molar-refractivity contribution is 6.30. The molecule has 0 aliphatic heterocycles. The summed E-state index contributed by atoms with van der Waals surface area (Å²) in [5, 5.41) is 20.4. The molecule has 11 heteroatoms. The molecule has 46 heavy (non-hydrogen) atoms. The Morgan fingerprint density at radius 3 is 2.33 bits per heavy atom. The lowest BCUT2D eigenvalue weighted by Crippen LogP contribution is -2.54. The fourth-order valence-electron chi connectivity index (χ4n) is 5.76. The predicted molar refractivity (Wildman–Crippen MR) is 173 cm³/mol. The van der Waals surface area contributed by atoms with Crippen molar-refractivity contribution in [2.75, 3.05) is 7.11 Å². The number of halogens is 1. The number of fused-ring (bicyclic) bond motifs is 1. The average molecular weight is 643 g/mol. The summed E-state index contributed by atoms with van der Waals surface area (Å²) in [7, 11) is 1.21. The Hall–Kier alpha value is -4.96. The third-order valence-corrected chi connectivity index (χ3v) is 8.33. The number of benzene rings is 3. The van der Waals surface area contributed by atoms with Crippen molar-refractivity contribution in [2.24, 2.45) is 0 Å². The molecule has 0 saturated carbocycles. The second-order valence-corrected chi connectivity index (χ2v) is 11.8. The summed E-state index contributed by atoms with van der Waals surface area (Å²) in [4.78, 5) is 51.6. The molecule has 0 fully saturated rings. The highest BCUT2D eigenvalue weighted by Gasteiger charge is 2.36. The largest absolute Gasteiger partial charge is 0.481 e. The van der Waals surface area contributed by atoms with E-state index in [1.54, 1.807) is 36.4 Å². The lowest BCUT2D eigenvalue weighted by atomic mass is 9.85. The van der Waals surface area contributed by atoms with Gasteiger partial charge in [-0.1, -0.05) is 71.8 Å². The van der Waals surface area contributed by atoms with E-state index in [-0.39, 0.29) is 6.42 Å². The summed E-state index contributed by atoms with van der Waals surface area (Å²) in [5.74, 6) is -4.02. The van der Waals surface area contributed by atoms with E-state index in [2.05, 4.69) is 10.6 Å². The van der Waals surface area contributed by atoms with Gasteiger partial charge in [0.1, 0.15) is 12.1 Å². The third-order valence-electron chi connectivity index (χ3n) is 8.07. The van der Waals surface area contributed by atoms with Crippen LogP contribution in [0.1, 0.15) is 47.6 Å². The molecule has 1 heterocycles. The number of aliphatic carboxylic acids is 1. The van der Waals surface area contributed by atoms with Crippen LogP contribution < -0.4 is 10.6 Å². The standard InChI is InChI=1S/C35H35ClN4O6/c1-21-11-17-25(18-12-21)40-32(23-13-15-24(36)16-14-23)26-9-6-10-27(31(26)39-40)33(43)37-28(20-30(41)42)34(44)38-29(35(45)46-2)19-22-7-4-3-5-8-22/h3-5,7-8,11-18,27-29H,6,9-10,19-20H2,1-2H3,(H,37,43)(H,38,44)(H,41,42). The van der Waals surface area contributed by atoms with Crippen LogP contribution in [0.3, 0.4) is 0 Å². The average Bonchev–Trinajstić information content (AvgIpc) is 3.44. The van der Waals surface area contributed by atoms with Gasteiger partial charge in [0.05, 0.1) is 36.5 Å². The maximum absolute atomic E-state index is 13.9. The fraction of sp³-hybridized carbons (Fsp3) is 0.286. The molecule has 0 radical (unpaired) electrons. The van der Waals surface area contributed by atoms with Crippen molar-refractivity contribution in [3.8, 4) is 16.9 Å². The molecule has 10 nitrogen and oxygen atoms in total. The smallest absolute Gasteiger partial charge is 0.328 e. The number of carboxylic acid groups (broad SMARTS) is 1. The van der Waals surface area contributed by atoms with E-state index in [4.69, 9.17) is 21.4 Å². The molecular weight excluding hydrogens is 608 g/mol. The molecule has 1 aliphatic rings. The van der Waals surface area contributed by atoms with Gasteiger partial charge < -0.3 is 20.5 Å². The van der Waals surface area contributed by atoms with Gasteiger partial charge in [-0.25, -0.2) is 9.48 Å². The van der Waals surface area contributed by atoms with Gasteiger partial charge in [0.15, 0.2) is 0 Å². The number of methoxy groups -OCH3 is 1. The van der Waals surface area contributed by atoms with Crippen LogP contribution in [0.25, 0.3) is 16.9 Å². The van der Waals surface area contributed by atoms with Gasteiger partial charge in [-0.3, -0.25) is 14.4 Å². The fourth-order valence-corrected chi connectivity index (χ4v) is 5.89. The van der Waals surface area contributed by atoms with Crippen LogP contribution in [-0.2, 0) is 36.8 Å². The maximum atomic E-state index is 13.9. The first-order valence-electron chi connectivity index (χ1n) is 15.0. The molecule has 3 atom stereocenters. The van der Waals surface area contributed by atoms with Crippen LogP contribution in [0.4, 0.5) is 0 Å². The van der Waals surface area contributed by atoms with Gasteiger partial charge in [-0.15, -0.1) is 0 Å². The van der Waals surface area contributed by atoms with Crippen LogP contribution in [-0.4, -0.2) is 57.8 Å². The van der Waals surface area contributed by atoms with Crippen molar-refractivity contribution in [2.45, 2.75) is 57.0 Å². The number of esters is 1. The van der Waals surface area contributed by atoms with Crippen molar-refractivity contribution in [1.82, 2.24) is 20.4 Å². The molecule has 238 valence electrons. The lowest BCUT2D eigenvalue weighted by molar-refractivity contribution is -0.145. The second-order valence-electron chi connectivity index (χ2n) is 11.3. The van der Waals surface area contributed by atoms with Gasteiger partial charge in [0, 0.05) is 22.6 Å². The van der Waals surface area contributed by atoms with Gasteiger partial charge in [0.25, 0.3) is 0 Å². The van der Waals surface area contributed by atoms with Gasteiger partial charge >= 0.3 is 11.9 Å². The molecule has 3 N–H and O–H groups in total. The van der Waals surface area contributed by atoms with Crippen LogP contribution in [0.5, 0.6) is 0 Å². The molecule has 0 saturated heterocycles. The normalized spacial score (nSPS) is 15.2. The Morgan fingerprint density at radius 2 is 1.67 bits per heavy atom. The number of carbonyl (C=O) groups is 4. The summed E-state index contributed by atoms with van der Waals surface area (Å²) in [5.41, 5.74) is 5.88. The summed E-state index contributed by atoms with van der Waals surface area (Å²) in [6.45, 7) is 2.00. The first-order valence-corrected chi connectivity index (χ1v) is 15.4. The Morgan fingerprint density at radius 1 is 0.978 bits per heavy atom. The van der Waals surface area contributed by atoms with Crippen LogP contribution in [0.15, 0.2) is 78.9 Å². The van der Waals surface area contributed by atoms with Crippen molar-refractivity contribution in [1.29, 1.82) is 0 Å². The number of aryl methyl sites for hydroxylation is 1. The zero-order valence-corrected chi connectivity index (χ0v) is 26.3. The number of aromatic nitrogens is 2. The van der Waals surface area contributed by atoms with E-state index < -0.39 is 48.2 Å². The van der Waals surface area contributed by atoms with Crippen molar-refractivity contribution < 1.29 is 29.0 Å². The number of rotatable bonds is 11. The van der Waals surface area contributed by atoms with E-state index in [1.165, 1.54) is 7.11 Å². The monoisotopic (exact) mass is 642 g/mol. The van der Waals surface area contributed by atoms with Crippen molar-refractivity contribution in [3.05, 3.63) is 106 Å². The number of carboxylic acids is 1. The lowest BCUT2D eigenvalue weighted by Gasteiger charge is -2.25. The molecule has 2 amide bonds. The van der Waals surface area contributed by atoms with Crippen molar-refractivity contribution >= 4 is 35.4 Å². The van der Waals surface area contributed by atoms with Crippen LogP contribution in [0.2, 0.25) is 5.02 Å². The molecule has 1 aromatic heterocycles. The van der Waals surface area contributed by atoms with Crippen molar-refractivity contribution in [3.63, 3.8) is 0 Å². The number of nitrogens with one attached hydrogen (secondary N) is 2. The molecular formula is C35H35ClN4O6. The number of hydrogen-bond acceptors (Lipinski definition) is 6.